The molecule has 130 valence electrons. The topological polar surface area (TPSA) is 57.6 Å². The van der Waals surface area contributed by atoms with Crippen molar-refractivity contribution in [2.75, 3.05) is 11.4 Å². The van der Waals surface area contributed by atoms with E-state index in [2.05, 4.69) is 0 Å². The van der Waals surface area contributed by atoms with Gasteiger partial charge in [-0.05, 0) is 56.5 Å². The lowest BCUT2D eigenvalue weighted by molar-refractivity contribution is -0.135. The number of Topliss-reactive ketones (excluding diaryl/α,β-unsaturated/α-hetero) is 1. The largest absolute Gasteiger partial charge is 0.375 e. The molecule has 0 bridgehead atoms. The number of likely N-dealkylation sites (N-methyl/N-ethyl adjacent to an activating group) is 1. The van der Waals surface area contributed by atoms with Crippen molar-refractivity contribution in [2.45, 2.75) is 39.7 Å². The molecule has 1 N–H and O–H groups in total. The number of para-hydroxylation sites is 1. The van der Waals surface area contributed by atoms with Crippen molar-refractivity contribution < 1.29 is 14.7 Å². The van der Waals surface area contributed by atoms with Crippen molar-refractivity contribution >= 4 is 17.4 Å². The van der Waals surface area contributed by atoms with Crippen LogP contribution in [0.15, 0.2) is 36.4 Å². The Morgan fingerprint density at radius 1 is 1.08 bits per heavy atom. The van der Waals surface area contributed by atoms with Gasteiger partial charge < -0.3 is 10.0 Å². The van der Waals surface area contributed by atoms with Crippen LogP contribution >= 0.6 is 0 Å². The second-order valence-electron chi connectivity index (χ2n) is 6.78. The van der Waals surface area contributed by atoms with Gasteiger partial charge in [0, 0.05) is 17.7 Å². The number of amides is 1. The molecule has 0 fully saturated rings. The fraction of sp³-hybridized carbons (Fsp3) is 0.333. The second kappa shape index (κ2) is 6.12. The molecule has 4 nitrogen and oxygen atoms in total. The van der Waals surface area contributed by atoms with E-state index in [0.29, 0.717) is 23.4 Å². The minimum atomic E-state index is -1.80. The molecule has 2 aromatic rings. The van der Waals surface area contributed by atoms with Crippen LogP contribution in [0.5, 0.6) is 0 Å². The van der Waals surface area contributed by atoms with Crippen molar-refractivity contribution in [1.82, 2.24) is 0 Å². The monoisotopic (exact) mass is 337 g/mol. The molecule has 0 radical (unpaired) electrons. The summed E-state index contributed by atoms with van der Waals surface area (Å²) in [5.41, 5.74) is 2.97. The van der Waals surface area contributed by atoms with Crippen molar-refractivity contribution in [3.63, 3.8) is 0 Å². The Hall–Kier alpha value is -2.46. The third-order valence-electron chi connectivity index (χ3n) is 5.11. The van der Waals surface area contributed by atoms with Crippen molar-refractivity contribution in [3.05, 3.63) is 64.2 Å². The van der Waals surface area contributed by atoms with E-state index in [9.17, 15) is 14.7 Å². The molecule has 1 aliphatic rings. The summed E-state index contributed by atoms with van der Waals surface area (Å²) in [6.45, 7) is 8.15. The van der Waals surface area contributed by atoms with Crippen LogP contribution in [0.4, 0.5) is 5.69 Å². The zero-order chi connectivity index (χ0) is 18.4. The van der Waals surface area contributed by atoms with Gasteiger partial charge in [0.25, 0.3) is 5.91 Å². The fourth-order valence-electron chi connectivity index (χ4n) is 3.58. The van der Waals surface area contributed by atoms with Crippen LogP contribution in [0.25, 0.3) is 0 Å². The number of fused-ring (bicyclic) bond motifs is 1. The molecule has 1 atom stereocenters. The van der Waals surface area contributed by atoms with Crippen LogP contribution in [-0.4, -0.2) is 23.3 Å². The zero-order valence-corrected chi connectivity index (χ0v) is 15.1. The maximum absolute atomic E-state index is 12.9. The van der Waals surface area contributed by atoms with Crippen molar-refractivity contribution in [3.8, 4) is 0 Å². The van der Waals surface area contributed by atoms with E-state index in [0.717, 1.165) is 16.7 Å². The van der Waals surface area contributed by atoms with Gasteiger partial charge in [0.15, 0.2) is 11.4 Å². The number of carbonyl (C=O) groups excluding carboxylic acids is 2. The van der Waals surface area contributed by atoms with Gasteiger partial charge in [0.05, 0.1) is 12.1 Å². The number of anilines is 1. The molecule has 1 amide bonds. The van der Waals surface area contributed by atoms with E-state index < -0.39 is 11.5 Å². The Morgan fingerprint density at radius 2 is 1.72 bits per heavy atom. The molecule has 3 rings (SSSR count). The summed E-state index contributed by atoms with van der Waals surface area (Å²) in [7, 11) is 0. The van der Waals surface area contributed by atoms with E-state index in [4.69, 9.17) is 0 Å². The number of aliphatic hydroxyl groups is 1. The first-order valence-corrected chi connectivity index (χ1v) is 8.54. The molecule has 0 aromatic heterocycles. The molecule has 0 unspecified atom stereocenters. The predicted octanol–water partition coefficient (Wildman–Crippen LogP) is 3.44. The SMILES string of the molecule is CCN1C(=O)[C@@](O)(CC(=O)c2cc(C)c(C)cc2C)c2ccccc21. The van der Waals surface area contributed by atoms with Gasteiger partial charge in [0.1, 0.15) is 0 Å². The van der Waals surface area contributed by atoms with Gasteiger partial charge in [-0.15, -0.1) is 0 Å². The van der Waals surface area contributed by atoms with Crippen molar-refractivity contribution in [1.29, 1.82) is 0 Å². The van der Waals surface area contributed by atoms with E-state index >= 15 is 0 Å². The molecular formula is C21H23NO3. The smallest absolute Gasteiger partial charge is 0.264 e. The maximum atomic E-state index is 12.9. The number of rotatable bonds is 4. The summed E-state index contributed by atoms with van der Waals surface area (Å²) < 4.78 is 0. The molecule has 1 aliphatic heterocycles. The Balaban J connectivity index is 2.01. The van der Waals surface area contributed by atoms with Crippen LogP contribution in [-0.2, 0) is 10.4 Å². The summed E-state index contributed by atoms with van der Waals surface area (Å²) in [6, 6.07) is 11.0. The van der Waals surface area contributed by atoms with Gasteiger partial charge >= 0.3 is 0 Å². The Labute approximate surface area is 148 Å². The highest BCUT2D eigenvalue weighted by molar-refractivity contribution is 6.11. The quantitative estimate of drug-likeness (QED) is 0.870. The maximum Gasteiger partial charge on any atom is 0.264 e. The predicted molar refractivity (Wildman–Crippen MR) is 98.0 cm³/mol. The summed E-state index contributed by atoms with van der Waals surface area (Å²) in [5, 5.41) is 11.1. The zero-order valence-electron chi connectivity index (χ0n) is 15.1. The number of aryl methyl sites for hydroxylation is 3. The fourth-order valence-corrected chi connectivity index (χ4v) is 3.58. The molecule has 2 aromatic carbocycles. The minimum absolute atomic E-state index is 0.218. The number of nitrogens with zero attached hydrogens (tertiary/aromatic N) is 1. The van der Waals surface area contributed by atoms with Gasteiger partial charge in [-0.2, -0.15) is 0 Å². The normalized spacial score (nSPS) is 19.2. The number of carbonyl (C=O) groups is 2. The molecule has 25 heavy (non-hydrogen) atoms. The van der Waals surface area contributed by atoms with E-state index in [1.165, 1.54) is 4.90 Å². The molecule has 0 saturated heterocycles. The minimum Gasteiger partial charge on any atom is -0.375 e. The molecule has 0 aliphatic carbocycles. The standard InChI is InChI=1S/C21H23NO3/c1-5-22-18-9-7-6-8-17(18)21(25,20(22)24)12-19(23)16-11-14(3)13(2)10-15(16)4/h6-11,25H,5,12H2,1-4H3/t21-/m1/s1. The number of benzene rings is 2. The van der Waals surface area contributed by atoms with Crippen molar-refractivity contribution in [2.24, 2.45) is 0 Å². The van der Waals surface area contributed by atoms with E-state index in [1.807, 2.05) is 45.9 Å². The van der Waals surface area contributed by atoms with Gasteiger partial charge in [-0.1, -0.05) is 24.3 Å². The van der Waals surface area contributed by atoms with Gasteiger partial charge in [0.2, 0.25) is 0 Å². The number of hydrogen-bond acceptors (Lipinski definition) is 3. The van der Waals surface area contributed by atoms with Gasteiger partial charge in [-0.25, -0.2) is 0 Å². The Kier molecular flexibility index (Phi) is 4.25. The van der Waals surface area contributed by atoms with Crippen LogP contribution in [0.2, 0.25) is 0 Å². The van der Waals surface area contributed by atoms with Crippen LogP contribution in [0, 0.1) is 20.8 Å². The average Bonchev–Trinajstić information content (AvgIpc) is 2.79. The Morgan fingerprint density at radius 3 is 2.40 bits per heavy atom. The molecular weight excluding hydrogens is 314 g/mol. The third kappa shape index (κ3) is 2.67. The summed E-state index contributed by atoms with van der Waals surface area (Å²) in [4.78, 5) is 27.3. The number of ketones is 1. The first-order valence-electron chi connectivity index (χ1n) is 8.54. The van der Waals surface area contributed by atoms with Crippen LogP contribution in [0.1, 0.15) is 46.0 Å². The lowest BCUT2D eigenvalue weighted by Crippen LogP contribution is -2.41. The lowest BCUT2D eigenvalue weighted by Gasteiger charge is -2.22. The summed E-state index contributed by atoms with van der Waals surface area (Å²) in [6.07, 6.45) is -0.247. The molecule has 0 saturated carbocycles. The summed E-state index contributed by atoms with van der Waals surface area (Å²) in [5.74, 6) is -0.643. The highest BCUT2D eigenvalue weighted by Gasteiger charge is 2.50. The lowest BCUT2D eigenvalue weighted by atomic mass is 9.86. The van der Waals surface area contributed by atoms with Crippen LogP contribution in [0.3, 0.4) is 0 Å². The highest BCUT2D eigenvalue weighted by Crippen LogP contribution is 2.42. The number of hydrogen-bond donors (Lipinski definition) is 1. The van der Waals surface area contributed by atoms with E-state index in [-0.39, 0.29) is 12.2 Å². The molecule has 0 spiro atoms. The van der Waals surface area contributed by atoms with E-state index in [1.54, 1.807) is 18.2 Å². The Bertz CT molecular complexity index is 871. The third-order valence-corrected chi connectivity index (χ3v) is 5.11. The van der Waals surface area contributed by atoms with Gasteiger partial charge in [-0.3, -0.25) is 9.59 Å². The summed E-state index contributed by atoms with van der Waals surface area (Å²) >= 11 is 0. The average molecular weight is 337 g/mol. The second-order valence-corrected chi connectivity index (χ2v) is 6.78. The molecule has 4 heteroatoms. The van der Waals surface area contributed by atoms with Crippen LogP contribution < -0.4 is 4.90 Å². The molecule has 1 heterocycles. The highest BCUT2D eigenvalue weighted by atomic mass is 16.3. The first-order chi connectivity index (χ1) is 11.8. The first kappa shape index (κ1) is 17.4.